The van der Waals surface area contributed by atoms with Crippen molar-refractivity contribution in [1.82, 2.24) is 15.3 Å². The minimum absolute atomic E-state index is 0.0141. The molecule has 0 fully saturated rings. The third kappa shape index (κ3) is 3.01. The number of aromatic nitrogens is 2. The van der Waals surface area contributed by atoms with Crippen LogP contribution in [0.1, 0.15) is 0 Å². The monoisotopic (exact) mass is 249 g/mol. The van der Waals surface area contributed by atoms with Gasteiger partial charge in [0.1, 0.15) is 0 Å². The summed E-state index contributed by atoms with van der Waals surface area (Å²) in [6.45, 7) is -0.0141. The highest BCUT2D eigenvalue weighted by Crippen LogP contribution is 2.25. The molecule has 2 aromatic heterocycles. The standard InChI is InChI=1S/C11H11N3O2S/c1-12-10(15)6-16-11-14-9(7-17-11)8-2-4-13-5-3-8/h2-5,7H,6H2,1H3,(H,12,15). The number of hydrogen-bond donors (Lipinski definition) is 1. The Morgan fingerprint density at radius 3 is 2.94 bits per heavy atom. The van der Waals surface area contributed by atoms with Gasteiger partial charge in [-0.1, -0.05) is 11.3 Å². The lowest BCUT2D eigenvalue weighted by Gasteiger charge is -1.99. The van der Waals surface area contributed by atoms with E-state index in [2.05, 4.69) is 15.3 Å². The van der Waals surface area contributed by atoms with E-state index in [1.807, 2.05) is 17.5 Å². The van der Waals surface area contributed by atoms with Crippen LogP contribution in [0.3, 0.4) is 0 Å². The van der Waals surface area contributed by atoms with Gasteiger partial charge in [-0.2, -0.15) is 0 Å². The number of rotatable bonds is 4. The molecule has 0 saturated heterocycles. The van der Waals surface area contributed by atoms with Gasteiger partial charge in [-0.15, -0.1) is 0 Å². The first kappa shape index (κ1) is 11.5. The molecular weight excluding hydrogens is 238 g/mol. The number of ether oxygens (including phenoxy) is 1. The highest BCUT2D eigenvalue weighted by molar-refractivity contribution is 7.11. The Bertz CT molecular complexity index is 498. The van der Waals surface area contributed by atoms with Crippen molar-refractivity contribution in [2.24, 2.45) is 0 Å². The molecule has 0 aliphatic carbocycles. The molecule has 6 heteroatoms. The molecular formula is C11H11N3O2S. The van der Waals surface area contributed by atoms with Crippen LogP contribution in [-0.2, 0) is 4.79 Å². The maximum absolute atomic E-state index is 11.0. The van der Waals surface area contributed by atoms with E-state index in [0.717, 1.165) is 11.3 Å². The number of likely N-dealkylation sites (N-methyl/N-ethyl adjacent to an activating group) is 1. The zero-order chi connectivity index (χ0) is 12.1. The van der Waals surface area contributed by atoms with Crippen LogP contribution in [0.25, 0.3) is 11.3 Å². The van der Waals surface area contributed by atoms with Crippen molar-refractivity contribution in [3.63, 3.8) is 0 Å². The van der Waals surface area contributed by atoms with E-state index < -0.39 is 0 Å². The van der Waals surface area contributed by atoms with Gasteiger partial charge in [0.15, 0.2) is 6.61 Å². The first-order chi connectivity index (χ1) is 8.29. The van der Waals surface area contributed by atoms with Gasteiger partial charge in [-0.25, -0.2) is 4.98 Å². The van der Waals surface area contributed by atoms with Crippen LogP contribution < -0.4 is 10.1 Å². The number of nitrogens with zero attached hydrogens (tertiary/aromatic N) is 2. The van der Waals surface area contributed by atoms with Gasteiger partial charge in [0, 0.05) is 30.4 Å². The van der Waals surface area contributed by atoms with E-state index >= 15 is 0 Å². The largest absolute Gasteiger partial charge is 0.460 e. The maximum atomic E-state index is 11.0. The molecule has 0 bridgehead atoms. The Morgan fingerprint density at radius 1 is 1.47 bits per heavy atom. The predicted octanol–water partition coefficient (Wildman–Crippen LogP) is 1.33. The fourth-order valence-corrected chi connectivity index (χ4v) is 1.86. The number of amides is 1. The smallest absolute Gasteiger partial charge is 0.274 e. The second-order valence-electron chi connectivity index (χ2n) is 3.20. The summed E-state index contributed by atoms with van der Waals surface area (Å²) in [5.74, 6) is -0.175. The molecule has 0 radical (unpaired) electrons. The normalized spacial score (nSPS) is 9.94. The zero-order valence-corrected chi connectivity index (χ0v) is 10.0. The molecule has 1 amide bonds. The number of nitrogens with one attached hydrogen (secondary N) is 1. The summed E-state index contributed by atoms with van der Waals surface area (Å²) in [6, 6.07) is 3.75. The van der Waals surface area contributed by atoms with Crippen LogP contribution in [-0.4, -0.2) is 29.5 Å². The Balaban J connectivity index is 2.04. The molecule has 5 nitrogen and oxygen atoms in total. The number of thiazole rings is 1. The van der Waals surface area contributed by atoms with E-state index in [1.165, 1.54) is 11.3 Å². The van der Waals surface area contributed by atoms with Crippen LogP contribution >= 0.6 is 11.3 Å². The van der Waals surface area contributed by atoms with Crippen molar-refractivity contribution in [2.45, 2.75) is 0 Å². The summed E-state index contributed by atoms with van der Waals surface area (Å²) in [5.41, 5.74) is 1.80. The molecule has 0 aliphatic rings. The van der Waals surface area contributed by atoms with Crippen molar-refractivity contribution >= 4 is 17.2 Å². The summed E-state index contributed by atoms with van der Waals surface area (Å²) >= 11 is 1.36. The van der Waals surface area contributed by atoms with Crippen LogP contribution in [0.2, 0.25) is 0 Å². The van der Waals surface area contributed by atoms with E-state index in [1.54, 1.807) is 19.4 Å². The fraction of sp³-hybridized carbons (Fsp3) is 0.182. The van der Waals surface area contributed by atoms with Gasteiger partial charge in [0.25, 0.3) is 11.1 Å². The molecule has 2 rings (SSSR count). The topological polar surface area (TPSA) is 64.1 Å². The lowest BCUT2D eigenvalue weighted by Crippen LogP contribution is -2.24. The molecule has 88 valence electrons. The second-order valence-corrected chi connectivity index (χ2v) is 4.02. The van der Waals surface area contributed by atoms with Crippen molar-refractivity contribution in [3.05, 3.63) is 29.9 Å². The molecule has 0 unspecified atom stereocenters. The quantitative estimate of drug-likeness (QED) is 0.887. The summed E-state index contributed by atoms with van der Waals surface area (Å²) in [7, 11) is 1.57. The Morgan fingerprint density at radius 2 is 2.24 bits per heavy atom. The molecule has 1 N–H and O–H groups in total. The van der Waals surface area contributed by atoms with E-state index in [0.29, 0.717) is 5.19 Å². The fourth-order valence-electron chi connectivity index (χ4n) is 1.18. The Kier molecular flexibility index (Phi) is 3.66. The molecule has 0 saturated carbocycles. The van der Waals surface area contributed by atoms with E-state index in [9.17, 15) is 4.79 Å². The number of carbonyl (C=O) groups is 1. The SMILES string of the molecule is CNC(=O)COc1nc(-c2ccncc2)cs1. The number of carbonyl (C=O) groups excluding carboxylic acids is 1. The predicted molar refractivity (Wildman–Crippen MR) is 64.9 cm³/mol. The van der Waals surface area contributed by atoms with Crippen LogP contribution in [0.15, 0.2) is 29.9 Å². The van der Waals surface area contributed by atoms with Crippen molar-refractivity contribution < 1.29 is 9.53 Å². The molecule has 17 heavy (non-hydrogen) atoms. The van der Waals surface area contributed by atoms with Gasteiger partial charge >= 0.3 is 0 Å². The van der Waals surface area contributed by atoms with Gasteiger partial charge in [-0.3, -0.25) is 9.78 Å². The number of hydrogen-bond acceptors (Lipinski definition) is 5. The summed E-state index contributed by atoms with van der Waals surface area (Å²) in [6.07, 6.45) is 3.42. The highest BCUT2D eigenvalue weighted by atomic mass is 32.1. The summed E-state index contributed by atoms with van der Waals surface area (Å²) < 4.78 is 5.24. The highest BCUT2D eigenvalue weighted by Gasteiger charge is 2.06. The first-order valence-corrected chi connectivity index (χ1v) is 5.87. The molecule has 2 heterocycles. The Hall–Kier alpha value is -1.95. The number of pyridine rings is 1. The zero-order valence-electron chi connectivity index (χ0n) is 9.21. The minimum atomic E-state index is -0.175. The maximum Gasteiger partial charge on any atom is 0.274 e. The third-order valence-corrected chi connectivity index (χ3v) is 2.82. The third-order valence-electron chi connectivity index (χ3n) is 2.06. The molecule has 0 aliphatic heterocycles. The summed E-state index contributed by atoms with van der Waals surface area (Å²) in [5, 5.41) is 4.85. The first-order valence-electron chi connectivity index (χ1n) is 4.99. The van der Waals surface area contributed by atoms with Crippen molar-refractivity contribution in [1.29, 1.82) is 0 Å². The van der Waals surface area contributed by atoms with Gasteiger partial charge in [-0.05, 0) is 12.1 Å². The average molecular weight is 249 g/mol. The van der Waals surface area contributed by atoms with Crippen LogP contribution in [0.5, 0.6) is 5.19 Å². The molecule has 2 aromatic rings. The molecule has 0 aromatic carbocycles. The molecule has 0 spiro atoms. The van der Waals surface area contributed by atoms with Gasteiger partial charge in [0.2, 0.25) is 0 Å². The minimum Gasteiger partial charge on any atom is -0.460 e. The average Bonchev–Trinajstić information content (AvgIpc) is 2.86. The lowest BCUT2D eigenvalue weighted by molar-refractivity contribution is -0.122. The van der Waals surface area contributed by atoms with E-state index in [4.69, 9.17) is 4.74 Å². The van der Waals surface area contributed by atoms with E-state index in [-0.39, 0.29) is 12.5 Å². The van der Waals surface area contributed by atoms with Crippen LogP contribution in [0, 0.1) is 0 Å². The van der Waals surface area contributed by atoms with Gasteiger partial charge < -0.3 is 10.1 Å². The van der Waals surface area contributed by atoms with Gasteiger partial charge in [0.05, 0.1) is 5.69 Å². The van der Waals surface area contributed by atoms with Crippen molar-refractivity contribution in [3.8, 4) is 16.5 Å². The van der Waals surface area contributed by atoms with Crippen LogP contribution in [0.4, 0.5) is 0 Å². The Labute approximate surface area is 102 Å². The lowest BCUT2D eigenvalue weighted by atomic mass is 10.2. The summed E-state index contributed by atoms with van der Waals surface area (Å²) in [4.78, 5) is 19.2. The second kappa shape index (κ2) is 5.40. The van der Waals surface area contributed by atoms with Crippen molar-refractivity contribution in [2.75, 3.05) is 13.7 Å². The molecule has 0 atom stereocenters.